The van der Waals surface area contributed by atoms with Gasteiger partial charge in [-0.2, -0.15) is 0 Å². The maximum atomic E-state index is 12.7. The van der Waals surface area contributed by atoms with Gasteiger partial charge in [-0.05, 0) is 24.6 Å². The zero-order valence-electron chi connectivity index (χ0n) is 17.7. The van der Waals surface area contributed by atoms with Crippen molar-refractivity contribution in [3.05, 3.63) is 64.7 Å². The van der Waals surface area contributed by atoms with E-state index in [1.54, 1.807) is 12.1 Å². The Hall–Kier alpha value is -2.41. The number of piperazine rings is 1. The second-order valence-electron chi connectivity index (χ2n) is 8.07. The van der Waals surface area contributed by atoms with E-state index in [1.807, 2.05) is 24.1 Å². The second-order valence-corrected chi connectivity index (χ2v) is 8.48. The van der Waals surface area contributed by atoms with Crippen LogP contribution in [0.25, 0.3) is 0 Å². The molecule has 1 saturated heterocycles. The van der Waals surface area contributed by atoms with Crippen LogP contribution in [0.3, 0.4) is 0 Å². The highest BCUT2D eigenvalue weighted by Crippen LogP contribution is 2.19. The molecule has 6 nitrogen and oxygen atoms in total. The number of carbonyl (C=O) groups excluding carboxylic acids is 2. The third kappa shape index (κ3) is 6.29. The highest BCUT2D eigenvalue weighted by molar-refractivity contribution is 6.33. The van der Waals surface area contributed by atoms with Crippen LogP contribution in [0.4, 0.5) is 5.69 Å². The van der Waals surface area contributed by atoms with Gasteiger partial charge in [-0.25, -0.2) is 0 Å². The van der Waals surface area contributed by atoms with Crippen LogP contribution in [0.1, 0.15) is 11.1 Å². The van der Waals surface area contributed by atoms with E-state index in [0.29, 0.717) is 17.3 Å². The van der Waals surface area contributed by atoms with Crippen molar-refractivity contribution in [2.75, 3.05) is 51.6 Å². The predicted octanol–water partition coefficient (Wildman–Crippen LogP) is 0.0289. The van der Waals surface area contributed by atoms with Crippen LogP contribution < -0.4 is 15.1 Å². The number of para-hydroxylation sites is 1. The Morgan fingerprint density at radius 1 is 1.07 bits per heavy atom. The molecule has 2 aromatic rings. The molecule has 0 aromatic heterocycles. The minimum absolute atomic E-state index is 0.105. The fraction of sp³-hybridized carbons (Fsp3) is 0.391. The van der Waals surface area contributed by atoms with Gasteiger partial charge in [-0.1, -0.05) is 48.0 Å². The molecular formula is C23H31ClN4O2+2. The van der Waals surface area contributed by atoms with Gasteiger partial charge in [0, 0.05) is 5.56 Å². The van der Waals surface area contributed by atoms with E-state index in [2.05, 4.69) is 36.5 Å². The van der Waals surface area contributed by atoms with Crippen molar-refractivity contribution in [3.8, 4) is 0 Å². The molecule has 1 aliphatic heterocycles. The number of carbonyl (C=O) groups is 2. The fourth-order valence-corrected chi connectivity index (χ4v) is 3.97. The number of nitrogens with zero attached hydrogens (tertiary/aromatic N) is 1. The normalized spacial score (nSPS) is 15.6. The molecule has 0 spiro atoms. The smallest absolute Gasteiger partial charge is 0.279 e. The van der Waals surface area contributed by atoms with Crippen molar-refractivity contribution >= 4 is 29.1 Å². The number of halogens is 1. The number of anilines is 1. The van der Waals surface area contributed by atoms with Crippen LogP contribution in [0.15, 0.2) is 48.5 Å². The molecule has 2 aromatic carbocycles. The molecule has 0 bridgehead atoms. The molecular weight excluding hydrogens is 400 g/mol. The summed E-state index contributed by atoms with van der Waals surface area (Å²) in [5.41, 5.74) is 3.29. The van der Waals surface area contributed by atoms with Gasteiger partial charge in [0.2, 0.25) is 0 Å². The van der Waals surface area contributed by atoms with Crippen LogP contribution in [0, 0.1) is 6.92 Å². The molecule has 1 unspecified atom stereocenters. The number of likely N-dealkylation sites (N-methyl/N-ethyl adjacent to an activating group) is 1. The van der Waals surface area contributed by atoms with Crippen molar-refractivity contribution in [1.82, 2.24) is 4.90 Å². The number of nitrogens with one attached hydrogen (secondary N) is 3. The first-order chi connectivity index (χ1) is 14.4. The molecule has 30 heavy (non-hydrogen) atoms. The van der Waals surface area contributed by atoms with Crippen LogP contribution >= 0.6 is 11.6 Å². The van der Waals surface area contributed by atoms with Gasteiger partial charge in [0.05, 0.1) is 43.9 Å². The summed E-state index contributed by atoms with van der Waals surface area (Å²) in [5.74, 6) is -0.0473. The molecule has 0 radical (unpaired) electrons. The van der Waals surface area contributed by atoms with Gasteiger partial charge in [-0.15, -0.1) is 0 Å². The van der Waals surface area contributed by atoms with Gasteiger partial charge in [0.25, 0.3) is 11.8 Å². The summed E-state index contributed by atoms with van der Waals surface area (Å²) in [7, 11) is 1.86. The van der Waals surface area contributed by atoms with E-state index >= 15 is 0 Å². The number of quaternary nitrogens is 2. The summed E-state index contributed by atoms with van der Waals surface area (Å²) >= 11 is 6.08. The number of hydrogen-bond donors (Lipinski definition) is 3. The molecule has 7 heteroatoms. The zero-order valence-corrected chi connectivity index (χ0v) is 18.5. The monoisotopic (exact) mass is 430 g/mol. The number of hydrogen-bond acceptors (Lipinski definition) is 2. The summed E-state index contributed by atoms with van der Waals surface area (Å²) in [4.78, 5) is 29.2. The lowest BCUT2D eigenvalue weighted by atomic mass is 10.1. The lowest BCUT2D eigenvalue weighted by Crippen LogP contribution is -3.14. The van der Waals surface area contributed by atoms with Crippen molar-refractivity contribution in [2.45, 2.75) is 13.5 Å². The second kappa shape index (κ2) is 10.6. The lowest BCUT2D eigenvalue weighted by Gasteiger charge is -2.32. The molecule has 1 heterocycles. The van der Waals surface area contributed by atoms with E-state index in [0.717, 1.165) is 37.6 Å². The van der Waals surface area contributed by atoms with Crippen molar-refractivity contribution in [3.63, 3.8) is 0 Å². The first kappa shape index (κ1) is 22.3. The van der Waals surface area contributed by atoms with Gasteiger partial charge in [0.1, 0.15) is 6.54 Å². The van der Waals surface area contributed by atoms with E-state index in [1.165, 1.54) is 16.0 Å². The molecule has 1 aliphatic rings. The van der Waals surface area contributed by atoms with Crippen LogP contribution in [-0.4, -0.2) is 63.0 Å². The maximum Gasteiger partial charge on any atom is 0.279 e. The third-order valence-electron chi connectivity index (χ3n) is 5.59. The number of amides is 2. The zero-order chi connectivity index (χ0) is 21.5. The van der Waals surface area contributed by atoms with Crippen molar-refractivity contribution in [1.29, 1.82) is 0 Å². The average molecular weight is 431 g/mol. The standard InChI is InChI=1S/C23H29ClN4O2/c1-18-7-3-4-8-19(18)15-27-11-13-28(14-12-27)23(30)17-26(2)16-22(29)25-21-10-6-5-9-20(21)24/h3-10H,11-17H2,1-2H3,(H,25,29)/p+2. The Balaban J connectivity index is 1.41. The Kier molecular flexibility index (Phi) is 7.85. The van der Waals surface area contributed by atoms with Gasteiger partial charge in [0.15, 0.2) is 13.1 Å². The van der Waals surface area contributed by atoms with Crippen LogP contribution in [0.2, 0.25) is 5.02 Å². The van der Waals surface area contributed by atoms with E-state index in [9.17, 15) is 9.59 Å². The Morgan fingerprint density at radius 3 is 2.43 bits per heavy atom. The molecule has 1 atom stereocenters. The number of benzene rings is 2. The minimum atomic E-state index is -0.152. The van der Waals surface area contributed by atoms with Gasteiger partial charge < -0.3 is 20.0 Å². The summed E-state index contributed by atoms with van der Waals surface area (Å²) in [6, 6.07) is 15.6. The Labute approximate surface area is 183 Å². The highest BCUT2D eigenvalue weighted by atomic mass is 35.5. The maximum absolute atomic E-state index is 12.7. The van der Waals surface area contributed by atoms with Crippen LogP contribution in [-0.2, 0) is 16.1 Å². The molecule has 3 rings (SSSR count). The topological polar surface area (TPSA) is 58.3 Å². The minimum Gasteiger partial charge on any atom is -0.328 e. The van der Waals surface area contributed by atoms with Crippen LogP contribution in [0.5, 0.6) is 0 Å². The number of rotatable bonds is 7. The predicted molar refractivity (Wildman–Crippen MR) is 119 cm³/mol. The van der Waals surface area contributed by atoms with Gasteiger partial charge in [-0.3, -0.25) is 9.59 Å². The first-order valence-corrected chi connectivity index (χ1v) is 10.8. The van der Waals surface area contributed by atoms with Crippen molar-refractivity contribution in [2.24, 2.45) is 0 Å². The molecule has 2 amide bonds. The average Bonchev–Trinajstić information content (AvgIpc) is 2.72. The molecule has 160 valence electrons. The summed E-state index contributed by atoms with van der Waals surface area (Å²) in [5, 5.41) is 3.31. The third-order valence-corrected chi connectivity index (χ3v) is 5.92. The summed E-state index contributed by atoms with van der Waals surface area (Å²) < 4.78 is 0. The highest BCUT2D eigenvalue weighted by Gasteiger charge is 2.26. The Bertz CT molecular complexity index is 881. The summed E-state index contributed by atoms with van der Waals surface area (Å²) in [6.07, 6.45) is 0. The summed E-state index contributed by atoms with van der Waals surface area (Å²) in [6.45, 7) is 7.10. The Morgan fingerprint density at radius 2 is 1.73 bits per heavy atom. The fourth-order valence-electron chi connectivity index (χ4n) is 3.79. The van der Waals surface area contributed by atoms with E-state index in [-0.39, 0.29) is 18.4 Å². The van der Waals surface area contributed by atoms with E-state index < -0.39 is 0 Å². The quantitative estimate of drug-likeness (QED) is 0.580. The first-order valence-electron chi connectivity index (χ1n) is 10.4. The molecule has 3 N–H and O–H groups in total. The SMILES string of the molecule is Cc1ccccc1C[NH+]1CCN(C(=O)C[NH+](C)CC(=O)Nc2ccccc2Cl)CC1. The van der Waals surface area contributed by atoms with Crippen molar-refractivity contribution < 1.29 is 19.4 Å². The largest absolute Gasteiger partial charge is 0.328 e. The molecule has 1 fully saturated rings. The molecule has 0 aliphatic carbocycles. The number of aryl methyl sites for hydroxylation is 1. The lowest BCUT2D eigenvalue weighted by molar-refractivity contribution is -0.917. The molecule has 0 saturated carbocycles. The van der Waals surface area contributed by atoms with Gasteiger partial charge >= 0.3 is 0 Å². The van der Waals surface area contributed by atoms with E-state index in [4.69, 9.17) is 11.6 Å².